The zero-order valence-corrected chi connectivity index (χ0v) is 18.2. The predicted molar refractivity (Wildman–Crippen MR) is 116 cm³/mol. The molecule has 7 heteroatoms. The van der Waals surface area contributed by atoms with Gasteiger partial charge in [-0.3, -0.25) is 4.99 Å². The smallest absolute Gasteiger partial charge is 0.191 e. The number of nitrogens with zero attached hydrogens (tertiary/aromatic N) is 1. The van der Waals surface area contributed by atoms with Gasteiger partial charge in [0.1, 0.15) is 5.82 Å². The van der Waals surface area contributed by atoms with Gasteiger partial charge in [-0.2, -0.15) is 11.8 Å². The number of aliphatic imine (C=N–C) groups is 1. The summed E-state index contributed by atoms with van der Waals surface area (Å²) in [5.41, 5.74) is 0.986. The van der Waals surface area contributed by atoms with Crippen LogP contribution in [0.1, 0.15) is 25.3 Å². The number of ether oxygens (including phenoxy) is 1. The molecule has 2 N–H and O–H groups in total. The van der Waals surface area contributed by atoms with Gasteiger partial charge in [0.25, 0.3) is 0 Å². The fraction of sp³-hybridized carbons (Fsp3) is 0.611. The Balaban J connectivity index is 0.00000312. The maximum Gasteiger partial charge on any atom is 0.191 e. The molecule has 1 fully saturated rings. The molecule has 0 bridgehead atoms. The van der Waals surface area contributed by atoms with E-state index >= 15 is 0 Å². The molecule has 1 aliphatic rings. The first-order valence-corrected chi connectivity index (χ1v) is 9.57. The van der Waals surface area contributed by atoms with Crippen molar-refractivity contribution in [1.29, 1.82) is 0 Å². The number of rotatable bonds is 7. The molecule has 0 aliphatic carbocycles. The van der Waals surface area contributed by atoms with E-state index in [2.05, 4.69) is 22.5 Å². The molecule has 2 rings (SSSR count). The van der Waals surface area contributed by atoms with Crippen molar-refractivity contribution in [3.63, 3.8) is 0 Å². The summed E-state index contributed by atoms with van der Waals surface area (Å²) in [4.78, 5) is 4.29. The first-order valence-electron chi connectivity index (χ1n) is 8.58. The molecule has 1 aromatic rings. The van der Waals surface area contributed by atoms with Gasteiger partial charge in [0.15, 0.2) is 5.96 Å². The van der Waals surface area contributed by atoms with Gasteiger partial charge in [0.05, 0.1) is 0 Å². The Morgan fingerprint density at radius 3 is 2.72 bits per heavy atom. The second kappa shape index (κ2) is 12.0. The minimum Gasteiger partial charge on any atom is -0.381 e. The molecular weight excluding hydrogens is 452 g/mol. The maximum absolute atomic E-state index is 13.2. The highest BCUT2D eigenvalue weighted by Crippen LogP contribution is 2.34. The van der Waals surface area contributed by atoms with E-state index < -0.39 is 0 Å². The fourth-order valence-electron chi connectivity index (χ4n) is 2.90. The molecule has 0 unspecified atom stereocenters. The zero-order chi connectivity index (χ0) is 17.3. The van der Waals surface area contributed by atoms with Gasteiger partial charge in [-0.05, 0) is 42.7 Å². The van der Waals surface area contributed by atoms with Crippen molar-refractivity contribution in [2.75, 3.05) is 39.1 Å². The molecule has 0 atom stereocenters. The maximum atomic E-state index is 13.2. The molecule has 0 saturated carbocycles. The largest absolute Gasteiger partial charge is 0.381 e. The minimum absolute atomic E-state index is 0. The second-order valence-electron chi connectivity index (χ2n) is 5.96. The highest BCUT2D eigenvalue weighted by Gasteiger charge is 2.32. The number of hydrogen-bond donors (Lipinski definition) is 2. The van der Waals surface area contributed by atoms with Crippen LogP contribution in [0.15, 0.2) is 29.3 Å². The molecule has 0 aromatic heterocycles. The van der Waals surface area contributed by atoms with E-state index in [1.165, 1.54) is 6.07 Å². The number of benzene rings is 1. The first-order chi connectivity index (χ1) is 11.7. The standard InChI is InChI=1S/C18H28FN3OS.HI/c1-3-24-18(8-11-23-12-9-18)14-22-17(20-2)21-10-7-15-5-4-6-16(19)13-15;/h4-6,13H,3,7-12,14H2,1-2H3,(H2,20,21,22);1H. The van der Waals surface area contributed by atoms with E-state index in [0.29, 0.717) is 0 Å². The summed E-state index contributed by atoms with van der Waals surface area (Å²) in [6.45, 7) is 5.48. The Morgan fingerprint density at radius 1 is 1.32 bits per heavy atom. The summed E-state index contributed by atoms with van der Waals surface area (Å²) in [7, 11) is 1.78. The average Bonchev–Trinajstić information content (AvgIpc) is 2.59. The van der Waals surface area contributed by atoms with Crippen molar-refractivity contribution in [3.8, 4) is 0 Å². The lowest BCUT2D eigenvalue weighted by molar-refractivity contribution is 0.0782. The Morgan fingerprint density at radius 2 is 2.08 bits per heavy atom. The normalized spacial score (nSPS) is 16.8. The first kappa shape index (κ1) is 22.5. The monoisotopic (exact) mass is 481 g/mol. The highest BCUT2D eigenvalue weighted by atomic mass is 127. The Labute approximate surface area is 171 Å². The van der Waals surface area contributed by atoms with Crippen LogP contribution in [0, 0.1) is 5.82 Å². The molecule has 1 saturated heterocycles. The van der Waals surface area contributed by atoms with Gasteiger partial charge in [-0.15, -0.1) is 24.0 Å². The van der Waals surface area contributed by atoms with Crippen molar-refractivity contribution in [3.05, 3.63) is 35.6 Å². The third-order valence-corrected chi connectivity index (χ3v) is 5.70. The lowest BCUT2D eigenvalue weighted by atomic mass is 9.99. The summed E-state index contributed by atoms with van der Waals surface area (Å²) in [6.07, 6.45) is 2.90. The molecule has 4 nitrogen and oxygen atoms in total. The van der Waals surface area contributed by atoms with Crippen molar-refractivity contribution < 1.29 is 9.13 Å². The minimum atomic E-state index is -0.187. The number of thioether (sulfide) groups is 1. The second-order valence-corrected chi connectivity index (χ2v) is 7.69. The topological polar surface area (TPSA) is 45.7 Å². The molecule has 0 spiro atoms. The highest BCUT2D eigenvalue weighted by molar-refractivity contribution is 14.0. The van der Waals surface area contributed by atoms with Crippen LogP contribution in [0.25, 0.3) is 0 Å². The van der Waals surface area contributed by atoms with Gasteiger partial charge < -0.3 is 15.4 Å². The van der Waals surface area contributed by atoms with Crippen molar-refractivity contribution >= 4 is 41.7 Å². The average molecular weight is 481 g/mol. The summed E-state index contributed by atoms with van der Waals surface area (Å²) < 4.78 is 18.9. The third-order valence-electron chi connectivity index (χ3n) is 4.25. The van der Waals surface area contributed by atoms with Crippen molar-refractivity contribution in [2.45, 2.75) is 30.9 Å². The molecule has 142 valence electrons. The summed E-state index contributed by atoms with van der Waals surface area (Å²) >= 11 is 2.01. The summed E-state index contributed by atoms with van der Waals surface area (Å²) in [6, 6.07) is 6.73. The van der Waals surface area contributed by atoms with E-state index in [1.54, 1.807) is 19.2 Å². The van der Waals surface area contributed by atoms with Crippen LogP contribution in [-0.2, 0) is 11.2 Å². The Hall–Kier alpha value is -0.540. The SMILES string of the molecule is CCSC1(CNC(=NC)NCCc2cccc(F)c2)CCOCC1.I. The van der Waals surface area contributed by atoms with Crippen LogP contribution >= 0.6 is 35.7 Å². The van der Waals surface area contributed by atoms with E-state index in [4.69, 9.17) is 4.74 Å². The van der Waals surface area contributed by atoms with E-state index in [9.17, 15) is 4.39 Å². The van der Waals surface area contributed by atoms with Crippen LogP contribution in [0.2, 0.25) is 0 Å². The van der Waals surface area contributed by atoms with Crippen LogP contribution in [-0.4, -0.2) is 49.8 Å². The Bertz CT molecular complexity index is 533. The molecule has 25 heavy (non-hydrogen) atoms. The van der Waals surface area contributed by atoms with Crippen LogP contribution in [0.4, 0.5) is 4.39 Å². The van der Waals surface area contributed by atoms with Gasteiger partial charge in [0, 0.05) is 38.1 Å². The summed E-state index contributed by atoms with van der Waals surface area (Å²) in [5, 5.41) is 6.76. The van der Waals surface area contributed by atoms with Crippen LogP contribution in [0.5, 0.6) is 0 Å². The quantitative estimate of drug-likeness (QED) is 0.356. The molecular formula is C18H29FIN3OS. The van der Waals surface area contributed by atoms with Gasteiger partial charge in [-0.25, -0.2) is 4.39 Å². The molecule has 0 radical (unpaired) electrons. The van der Waals surface area contributed by atoms with Crippen LogP contribution in [0.3, 0.4) is 0 Å². The molecule has 0 amide bonds. The lowest BCUT2D eigenvalue weighted by Gasteiger charge is -2.37. The summed E-state index contributed by atoms with van der Waals surface area (Å²) in [5.74, 6) is 1.72. The number of nitrogens with one attached hydrogen (secondary N) is 2. The third kappa shape index (κ3) is 7.70. The van der Waals surface area contributed by atoms with Crippen molar-refractivity contribution in [2.24, 2.45) is 4.99 Å². The van der Waals surface area contributed by atoms with E-state index in [0.717, 1.165) is 62.8 Å². The van der Waals surface area contributed by atoms with Crippen molar-refractivity contribution in [1.82, 2.24) is 10.6 Å². The molecule has 1 heterocycles. The predicted octanol–water partition coefficient (Wildman–Crippen LogP) is 3.45. The van der Waals surface area contributed by atoms with E-state index in [1.807, 2.05) is 17.8 Å². The number of hydrogen-bond acceptors (Lipinski definition) is 3. The van der Waals surface area contributed by atoms with Crippen LogP contribution < -0.4 is 10.6 Å². The molecule has 1 aliphatic heterocycles. The van der Waals surface area contributed by atoms with Gasteiger partial charge >= 0.3 is 0 Å². The van der Waals surface area contributed by atoms with Gasteiger partial charge in [0.2, 0.25) is 0 Å². The lowest BCUT2D eigenvalue weighted by Crippen LogP contribution is -2.48. The number of halogens is 2. The molecule has 1 aromatic carbocycles. The zero-order valence-electron chi connectivity index (χ0n) is 15.0. The Kier molecular flexibility index (Phi) is 10.8. The van der Waals surface area contributed by atoms with Gasteiger partial charge in [-0.1, -0.05) is 19.1 Å². The number of guanidine groups is 1. The fourth-order valence-corrected chi connectivity index (χ4v) is 4.15. The van der Waals surface area contributed by atoms with E-state index in [-0.39, 0.29) is 34.5 Å².